The average Bonchev–Trinajstić information content (AvgIpc) is 2.47. The van der Waals surface area contributed by atoms with Crippen molar-refractivity contribution in [1.29, 1.82) is 0 Å². The van der Waals surface area contributed by atoms with Crippen LogP contribution in [-0.4, -0.2) is 18.8 Å². The van der Waals surface area contributed by atoms with Crippen LogP contribution in [0.2, 0.25) is 5.02 Å². The predicted molar refractivity (Wildman–Crippen MR) is 82.6 cm³/mol. The Balaban J connectivity index is 1.96. The quantitative estimate of drug-likeness (QED) is 0.856. The van der Waals surface area contributed by atoms with Crippen LogP contribution in [0.4, 0.5) is 5.69 Å². The van der Waals surface area contributed by atoms with Gasteiger partial charge in [-0.3, -0.25) is 0 Å². The van der Waals surface area contributed by atoms with Crippen LogP contribution in [0.15, 0.2) is 42.5 Å². The molecule has 106 valence electrons. The van der Waals surface area contributed by atoms with Crippen molar-refractivity contribution in [2.45, 2.75) is 13.0 Å². The Kier molecular flexibility index (Phi) is 5.27. The first-order valence-electron chi connectivity index (χ1n) is 6.49. The third-order valence-electron chi connectivity index (χ3n) is 3.07. The summed E-state index contributed by atoms with van der Waals surface area (Å²) in [6, 6.07) is 13.8. The Morgan fingerprint density at radius 2 is 1.80 bits per heavy atom. The number of ether oxygens (including phenoxy) is 1. The van der Waals surface area contributed by atoms with Crippen molar-refractivity contribution in [2.24, 2.45) is 0 Å². The van der Waals surface area contributed by atoms with Crippen LogP contribution in [0.25, 0.3) is 0 Å². The molecule has 20 heavy (non-hydrogen) atoms. The van der Waals surface area contributed by atoms with Crippen molar-refractivity contribution >= 4 is 17.3 Å². The number of aliphatic hydroxyl groups is 1. The first kappa shape index (κ1) is 14.7. The summed E-state index contributed by atoms with van der Waals surface area (Å²) in [5.74, 6) is 0.684. The summed E-state index contributed by atoms with van der Waals surface area (Å²) in [6.45, 7) is 0.875. The number of hydrogen-bond donors (Lipinski definition) is 2. The fourth-order valence-electron chi connectivity index (χ4n) is 1.94. The molecule has 0 aliphatic rings. The molecule has 0 fully saturated rings. The number of nitrogens with one attached hydrogen (secondary N) is 1. The van der Waals surface area contributed by atoms with Crippen molar-refractivity contribution in [3.05, 3.63) is 58.6 Å². The number of aliphatic hydroxyl groups excluding tert-OH is 1. The summed E-state index contributed by atoms with van der Waals surface area (Å²) < 4.78 is 5.13. The van der Waals surface area contributed by atoms with Gasteiger partial charge in [-0.2, -0.15) is 0 Å². The van der Waals surface area contributed by atoms with Crippen LogP contribution in [-0.2, 0) is 13.0 Å². The van der Waals surface area contributed by atoms with E-state index in [4.69, 9.17) is 21.4 Å². The highest BCUT2D eigenvalue weighted by atomic mass is 35.5. The number of anilines is 1. The first-order valence-corrected chi connectivity index (χ1v) is 6.87. The molecule has 2 N–H and O–H groups in total. The number of rotatable bonds is 6. The van der Waals surface area contributed by atoms with E-state index in [0.717, 1.165) is 16.8 Å². The molecule has 2 aromatic rings. The summed E-state index contributed by atoms with van der Waals surface area (Å²) in [5, 5.41) is 12.8. The van der Waals surface area contributed by atoms with Crippen molar-refractivity contribution in [3.63, 3.8) is 0 Å². The molecule has 0 heterocycles. The first-order chi connectivity index (χ1) is 9.72. The Morgan fingerprint density at radius 3 is 2.40 bits per heavy atom. The highest BCUT2D eigenvalue weighted by molar-refractivity contribution is 6.32. The maximum atomic E-state index is 8.87. The number of hydrogen-bond acceptors (Lipinski definition) is 3. The number of methoxy groups -OCH3 is 1. The number of benzene rings is 2. The van der Waals surface area contributed by atoms with E-state index >= 15 is 0 Å². The molecule has 3 nitrogen and oxygen atoms in total. The fraction of sp³-hybridized carbons (Fsp3) is 0.250. The third-order valence-corrected chi connectivity index (χ3v) is 3.36. The van der Waals surface area contributed by atoms with Crippen LogP contribution in [0.3, 0.4) is 0 Å². The lowest BCUT2D eigenvalue weighted by Gasteiger charge is -2.09. The molecule has 0 saturated heterocycles. The van der Waals surface area contributed by atoms with E-state index in [2.05, 4.69) is 5.32 Å². The third kappa shape index (κ3) is 3.89. The minimum absolute atomic E-state index is 0.178. The van der Waals surface area contributed by atoms with Gasteiger partial charge >= 0.3 is 0 Å². The van der Waals surface area contributed by atoms with Gasteiger partial charge in [-0.25, -0.2) is 0 Å². The molecule has 2 rings (SSSR count). The maximum Gasteiger partial charge on any atom is 0.137 e. The zero-order chi connectivity index (χ0) is 14.4. The Bertz CT molecular complexity index is 555. The SMILES string of the molecule is COc1ccc(CNc2ccc(CCO)cc2)cc1Cl. The van der Waals surface area contributed by atoms with Gasteiger partial charge in [-0.1, -0.05) is 29.8 Å². The highest BCUT2D eigenvalue weighted by Crippen LogP contribution is 2.25. The van der Waals surface area contributed by atoms with E-state index in [-0.39, 0.29) is 6.61 Å². The summed E-state index contributed by atoms with van der Waals surface area (Å²) in [7, 11) is 1.60. The second-order valence-corrected chi connectivity index (χ2v) is 4.90. The van der Waals surface area contributed by atoms with Crippen LogP contribution in [0.1, 0.15) is 11.1 Å². The van der Waals surface area contributed by atoms with Crippen molar-refractivity contribution < 1.29 is 9.84 Å². The molecule has 0 atom stereocenters. The van der Waals surface area contributed by atoms with Gasteiger partial charge in [-0.15, -0.1) is 0 Å². The van der Waals surface area contributed by atoms with Gasteiger partial charge in [0.2, 0.25) is 0 Å². The monoisotopic (exact) mass is 291 g/mol. The summed E-state index contributed by atoms with van der Waals surface area (Å²) in [4.78, 5) is 0. The number of halogens is 1. The molecule has 0 amide bonds. The zero-order valence-corrected chi connectivity index (χ0v) is 12.2. The van der Waals surface area contributed by atoms with Crippen LogP contribution >= 0.6 is 11.6 Å². The molecule has 0 bridgehead atoms. The second-order valence-electron chi connectivity index (χ2n) is 4.49. The summed E-state index contributed by atoms with van der Waals surface area (Å²) in [6.07, 6.45) is 0.689. The topological polar surface area (TPSA) is 41.5 Å². The second kappa shape index (κ2) is 7.17. The highest BCUT2D eigenvalue weighted by Gasteiger charge is 2.02. The minimum atomic E-state index is 0.178. The van der Waals surface area contributed by atoms with Crippen molar-refractivity contribution in [3.8, 4) is 5.75 Å². The Labute approximate surface area is 124 Å². The van der Waals surface area contributed by atoms with E-state index in [9.17, 15) is 0 Å². The molecule has 4 heteroatoms. The molecular weight excluding hydrogens is 274 g/mol. The fourth-order valence-corrected chi connectivity index (χ4v) is 2.22. The average molecular weight is 292 g/mol. The molecular formula is C16H18ClNO2. The Hall–Kier alpha value is -1.71. The molecule has 0 unspecified atom stereocenters. The van der Waals surface area contributed by atoms with E-state index in [1.54, 1.807) is 7.11 Å². The van der Waals surface area contributed by atoms with Gasteiger partial charge in [0, 0.05) is 18.8 Å². The van der Waals surface area contributed by atoms with Gasteiger partial charge < -0.3 is 15.2 Å². The van der Waals surface area contributed by atoms with E-state index in [1.807, 2.05) is 42.5 Å². The summed E-state index contributed by atoms with van der Waals surface area (Å²) >= 11 is 6.09. The normalized spacial score (nSPS) is 10.3. The van der Waals surface area contributed by atoms with Gasteiger partial charge in [-0.05, 0) is 41.8 Å². The predicted octanol–water partition coefficient (Wildman–Crippen LogP) is 3.50. The molecule has 0 saturated carbocycles. The maximum absolute atomic E-state index is 8.87. The lowest BCUT2D eigenvalue weighted by molar-refractivity contribution is 0.299. The molecule has 2 aromatic carbocycles. The van der Waals surface area contributed by atoms with E-state index < -0.39 is 0 Å². The largest absolute Gasteiger partial charge is 0.495 e. The van der Waals surface area contributed by atoms with E-state index in [1.165, 1.54) is 0 Å². The minimum Gasteiger partial charge on any atom is -0.495 e. The van der Waals surface area contributed by atoms with Gasteiger partial charge in [0.1, 0.15) is 5.75 Å². The van der Waals surface area contributed by atoms with Crippen molar-refractivity contribution in [1.82, 2.24) is 0 Å². The van der Waals surface area contributed by atoms with Crippen LogP contribution in [0, 0.1) is 0 Å². The van der Waals surface area contributed by atoms with E-state index in [0.29, 0.717) is 23.7 Å². The van der Waals surface area contributed by atoms with Crippen molar-refractivity contribution in [2.75, 3.05) is 19.0 Å². The zero-order valence-electron chi connectivity index (χ0n) is 11.4. The molecule has 0 aromatic heterocycles. The Morgan fingerprint density at radius 1 is 1.10 bits per heavy atom. The molecule has 0 aliphatic carbocycles. The molecule has 0 radical (unpaired) electrons. The lowest BCUT2D eigenvalue weighted by Crippen LogP contribution is -2.00. The molecule has 0 aliphatic heterocycles. The van der Waals surface area contributed by atoms with Gasteiger partial charge in [0.15, 0.2) is 0 Å². The van der Waals surface area contributed by atoms with Crippen LogP contribution < -0.4 is 10.1 Å². The van der Waals surface area contributed by atoms with Gasteiger partial charge in [0.25, 0.3) is 0 Å². The summed E-state index contributed by atoms with van der Waals surface area (Å²) in [5.41, 5.74) is 3.26. The van der Waals surface area contributed by atoms with Gasteiger partial charge in [0.05, 0.1) is 12.1 Å². The standard InChI is InChI=1S/C16H18ClNO2/c1-20-16-7-4-13(10-15(16)17)11-18-14-5-2-12(3-6-14)8-9-19/h2-7,10,18-19H,8-9,11H2,1H3. The lowest BCUT2D eigenvalue weighted by atomic mass is 10.1. The smallest absolute Gasteiger partial charge is 0.137 e. The molecule has 0 spiro atoms. The van der Waals surface area contributed by atoms with Crippen LogP contribution in [0.5, 0.6) is 5.75 Å².